The number of hydrogen-bond acceptors (Lipinski definition) is 5. The maximum absolute atomic E-state index is 13.9. The molecule has 1 fully saturated rings. The summed E-state index contributed by atoms with van der Waals surface area (Å²) < 4.78 is 12.7. The molecule has 7 nitrogen and oxygen atoms in total. The molecule has 0 bridgehead atoms. The first kappa shape index (κ1) is 27.1. The van der Waals surface area contributed by atoms with Gasteiger partial charge in [-0.15, -0.1) is 0 Å². The Bertz CT molecular complexity index is 1590. The fourth-order valence-electron chi connectivity index (χ4n) is 5.03. The number of aryl methyl sites for hydroxylation is 1. The van der Waals surface area contributed by atoms with Crippen molar-refractivity contribution in [1.29, 1.82) is 0 Å². The van der Waals surface area contributed by atoms with E-state index in [-0.39, 0.29) is 17.6 Å². The zero-order valence-electron chi connectivity index (χ0n) is 22.8. The van der Waals surface area contributed by atoms with Crippen molar-refractivity contribution in [3.05, 3.63) is 101 Å². The lowest BCUT2D eigenvalue weighted by atomic mass is 10.1. The number of methoxy groups -OCH3 is 1. The van der Waals surface area contributed by atoms with Crippen LogP contribution in [0.4, 0.5) is 5.69 Å². The SMILES string of the molecule is CCOc1ccc(N2C(=O)/C(=C/c3cn(Cc4ccccc4)c4c(CC)cccc34)N(CC(=O)OC)C2=S)cc1. The maximum Gasteiger partial charge on any atom is 0.325 e. The summed E-state index contributed by atoms with van der Waals surface area (Å²) in [6.07, 6.45) is 4.76. The fraction of sp³-hybridized carbons (Fsp3) is 0.219. The number of carbonyl (C=O) groups is 2. The molecule has 1 saturated heterocycles. The maximum atomic E-state index is 13.9. The number of benzene rings is 3. The third-order valence-corrected chi connectivity index (χ3v) is 7.34. The Morgan fingerprint density at radius 2 is 1.73 bits per heavy atom. The molecule has 2 heterocycles. The molecule has 4 aromatic rings. The largest absolute Gasteiger partial charge is 0.494 e. The van der Waals surface area contributed by atoms with Gasteiger partial charge in [-0.2, -0.15) is 0 Å². The highest BCUT2D eigenvalue weighted by atomic mass is 32.1. The van der Waals surface area contributed by atoms with Gasteiger partial charge < -0.3 is 18.9 Å². The first-order valence-electron chi connectivity index (χ1n) is 13.3. The Morgan fingerprint density at radius 1 is 0.975 bits per heavy atom. The van der Waals surface area contributed by atoms with Crippen LogP contribution < -0.4 is 9.64 Å². The van der Waals surface area contributed by atoms with Gasteiger partial charge in [-0.1, -0.05) is 55.5 Å². The smallest absolute Gasteiger partial charge is 0.325 e. The van der Waals surface area contributed by atoms with E-state index in [0.717, 1.165) is 22.9 Å². The second-order valence-corrected chi connectivity index (χ2v) is 9.77. The number of aromatic nitrogens is 1. The van der Waals surface area contributed by atoms with Crippen LogP contribution >= 0.6 is 12.2 Å². The van der Waals surface area contributed by atoms with E-state index in [2.05, 4.69) is 42.0 Å². The van der Waals surface area contributed by atoms with Gasteiger partial charge in [0.05, 0.1) is 24.9 Å². The van der Waals surface area contributed by atoms with Crippen LogP contribution in [-0.2, 0) is 27.3 Å². The summed E-state index contributed by atoms with van der Waals surface area (Å²) >= 11 is 5.74. The van der Waals surface area contributed by atoms with Crippen molar-refractivity contribution in [2.75, 3.05) is 25.2 Å². The Kier molecular flexibility index (Phi) is 7.98. The van der Waals surface area contributed by atoms with Gasteiger partial charge in [0.1, 0.15) is 18.0 Å². The number of anilines is 1. The number of carbonyl (C=O) groups excluding carboxylic acids is 2. The number of ether oxygens (including phenoxy) is 2. The van der Waals surface area contributed by atoms with E-state index < -0.39 is 5.97 Å². The van der Waals surface area contributed by atoms with E-state index in [0.29, 0.717) is 30.3 Å². The highest BCUT2D eigenvalue weighted by molar-refractivity contribution is 7.80. The molecule has 0 aliphatic carbocycles. The number of esters is 1. The molecule has 204 valence electrons. The molecule has 3 aromatic carbocycles. The van der Waals surface area contributed by atoms with Crippen molar-refractivity contribution in [1.82, 2.24) is 9.47 Å². The summed E-state index contributed by atoms with van der Waals surface area (Å²) in [6.45, 7) is 5.10. The van der Waals surface area contributed by atoms with Crippen LogP contribution in [0.5, 0.6) is 5.75 Å². The quantitative estimate of drug-likeness (QED) is 0.148. The molecule has 1 amide bonds. The fourth-order valence-corrected chi connectivity index (χ4v) is 5.38. The number of thiocarbonyl (C=S) groups is 1. The monoisotopic (exact) mass is 553 g/mol. The first-order chi connectivity index (χ1) is 19.4. The van der Waals surface area contributed by atoms with E-state index in [1.807, 2.05) is 37.3 Å². The van der Waals surface area contributed by atoms with Gasteiger partial charge in [-0.25, -0.2) is 0 Å². The summed E-state index contributed by atoms with van der Waals surface area (Å²) in [5, 5.41) is 1.24. The zero-order valence-corrected chi connectivity index (χ0v) is 23.6. The molecule has 0 spiro atoms. The lowest BCUT2D eigenvalue weighted by molar-refractivity contribution is -0.140. The molecule has 0 N–H and O–H groups in total. The Hall–Kier alpha value is -4.43. The van der Waals surface area contributed by atoms with Gasteiger partial charge in [0, 0.05) is 23.7 Å². The average Bonchev–Trinajstić information content (AvgIpc) is 3.43. The van der Waals surface area contributed by atoms with Crippen LogP contribution in [0.15, 0.2) is 84.7 Å². The third-order valence-electron chi connectivity index (χ3n) is 6.94. The van der Waals surface area contributed by atoms with E-state index >= 15 is 0 Å². The summed E-state index contributed by atoms with van der Waals surface area (Å²) in [5.74, 6) is -0.105. The van der Waals surface area contributed by atoms with E-state index in [1.54, 1.807) is 29.2 Å². The number of hydrogen-bond donors (Lipinski definition) is 0. The van der Waals surface area contributed by atoms with E-state index in [1.165, 1.54) is 23.1 Å². The molecule has 5 rings (SSSR count). The molecule has 0 saturated carbocycles. The van der Waals surface area contributed by atoms with Gasteiger partial charge in [0.2, 0.25) is 0 Å². The molecule has 0 unspecified atom stereocenters. The molecule has 0 atom stereocenters. The van der Waals surface area contributed by atoms with Crippen LogP contribution in [-0.4, -0.2) is 46.7 Å². The van der Waals surface area contributed by atoms with E-state index in [9.17, 15) is 9.59 Å². The molecule has 1 aliphatic rings. The zero-order chi connectivity index (χ0) is 28.2. The van der Waals surface area contributed by atoms with Crippen LogP contribution in [0.1, 0.15) is 30.5 Å². The Labute approximate surface area is 239 Å². The van der Waals surface area contributed by atoms with Crippen molar-refractivity contribution >= 4 is 51.9 Å². The van der Waals surface area contributed by atoms with Crippen molar-refractivity contribution in [2.24, 2.45) is 0 Å². The van der Waals surface area contributed by atoms with E-state index in [4.69, 9.17) is 21.7 Å². The van der Waals surface area contributed by atoms with Crippen LogP contribution in [0.2, 0.25) is 0 Å². The second kappa shape index (κ2) is 11.8. The van der Waals surface area contributed by atoms with Gasteiger partial charge in [-0.05, 0) is 67.0 Å². The summed E-state index contributed by atoms with van der Waals surface area (Å²) in [4.78, 5) is 29.3. The van der Waals surface area contributed by atoms with Gasteiger partial charge in [-0.3, -0.25) is 14.5 Å². The predicted octanol–water partition coefficient (Wildman–Crippen LogP) is 5.80. The highest BCUT2D eigenvalue weighted by Crippen LogP contribution is 2.33. The van der Waals surface area contributed by atoms with Gasteiger partial charge in [0.15, 0.2) is 5.11 Å². The standard InChI is InChI=1S/C32H31N3O4S/c1-4-23-12-9-13-27-24(20-33(30(23)27)19-22-10-7-6-8-11-22)18-28-31(37)35(32(40)34(28)21-29(36)38-3)25-14-16-26(17-15-25)39-5-2/h6-18,20H,4-5,19,21H2,1-3H3/b28-18-. The van der Waals surface area contributed by atoms with Gasteiger partial charge in [0.25, 0.3) is 5.91 Å². The summed E-state index contributed by atoms with van der Waals surface area (Å²) in [7, 11) is 1.32. The predicted molar refractivity (Wildman–Crippen MR) is 161 cm³/mol. The van der Waals surface area contributed by atoms with Crippen LogP contribution in [0.3, 0.4) is 0 Å². The number of amides is 1. The van der Waals surface area contributed by atoms with Crippen molar-refractivity contribution < 1.29 is 19.1 Å². The number of rotatable bonds is 9. The number of nitrogens with zero attached hydrogens (tertiary/aromatic N) is 3. The Balaban J connectivity index is 1.61. The number of para-hydroxylation sites is 1. The third kappa shape index (κ3) is 5.22. The summed E-state index contributed by atoms with van der Waals surface area (Å²) in [5.41, 5.74) is 5.29. The van der Waals surface area contributed by atoms with Crippen molar-refractivity contribution in [3.8, 4) is 5.75 Å². The minimum atomic E-state index is -0.491. The molecule has 0 radical (unpaired) electrons. The van der Waals surface area contributed by atoms with Crippen LogP contribution in [0, 0.1) is 0 Å². The Morgan fingerprint density at radius 3 is 2.40 bits per heavy atom. The van der Waals surface area contributed by atoms with Crippen molar-refractivity contribution in [3.63, 3.8) is 0 Å². The number of fused-ring (bicyclic) bond motifs is 1. The topological polar surface area (TPSA) is 64.0 Å². The molecule has 40 heavy (non-hydrogen) atoms. The normalized spacial score (nSPS) is 14.4. The lowest BCUT2D eigenvalue weighted by Crippen LogP contribution is -2.35. The average molecular weight is 554 g/mol. The molecule has 1 aliphatic heterocycles. The minimum Gasteiger partial charge on any atom is -0.494 e. The van der Waals surface area contributed by atoms with Gasteiger partial charge >= 0.3 is 5.97 Å². The van der Waals surface area contributed by atoms with Crippen LogP contribution in [0.25, 0.3) is 17.0 Å². The highest BCUT2D eigenvalue weighted by Gasteiger charge is 2.40. The van der Waals surface area contributed by atoms with Crippen molar-refractivity contribution in [2.45, 2.75) is 26.8 Å². The lowest BCUT2D eigenvalue weighted by Gasteiger charge is -2.19. The first-order valence-corrected chi connectivity index (χ1v) is 13.7. The molecular weight excluding hydrogens is 522 g/mol. The molecule has 8 heteroatoms. The second-order valence-electron chi connectivity index (χ2n) is 9.41. The molecular formula is C32H31N3O4S. The summed E-state index contributed by atoms with van der Waals surface area (Å²) in [6, 6.07) is 23.7. The minimum absolute atomic E-state index is 0.177. The molecule has 1 aromatic heterocycles.